The van der Waals surface area contributed by atoms with Crippen LogP contribution in [0, 0.1) is 11.5 Å². The number of allylic oxidation sites excluding steroid dienone is 1. The minimum Gasteiger partial charge on any atom is -0.174 e. The summed E-state index contributed by atoms with van der Waals surface area (Å²) in [5, 5.41) is 8.22. The fourth-order valence-electron chi connectivity index (χ4n) is 0.492. The summed E-state index contributed by atoms with van der Waals surface area (Å²) >= 11 is 2.64. The van der Waals surface area contributed by atoms with E-state index >= 15 is 0 Å². The Morgan fingerprint density at radius 2 is 2.31 bits per heavy atom. The number of rotatable bonds is 3. The van der Waals surface area contributed by atoms with Crippen molar-refractivity contribution in [2.24, 2.45) is 4.99 Å². The van der Waals surface area contributed by atoms with Gasteiger partial charge in [0.2, 0.25) is 6.19 Å². The van der Waals surface area contributed by atoms with Crippen molar-refractivity contribution in [2.45, 2.75) is 6.42 Å². The number of nitrogens with zero attached hydrogens (tertiary/aromatic N) is 2. The smallest absolute Gasteiger partial charge is 0.174 e. The molecule has 0 aromatic rings. The van der Waals surface area contributed by atoms with E-state index in [0.717, 1.165) is 6.08 Å². The Bertz CT molecular complexity index is 241. The van der Waals surface area contributed by atoms with Gasteiger partial charge >= 0.3 is 0 Å². The molecule has 13 heavy (non-hydrogen) atoms. The lowest BCUT2D eigenvalue weighted by Gasteiger charge is -1.96. The summed E-state index contributed by atoms with van der Waals surface area (Å²) in [5.41, 5.74) is 0. The summed E-state index contributed by atoms with van der Waals surface area (Å²) in [6, 6.07) is 0. The van der Waals surface area contributed by atoms with Crippen molar-refractivity contribution in [3.05, 3.63) is 12.2 Å². The summed E-state index contributed by atoms with van der Waals surface area (Å²) in [5.74, 6) is 0.513. The van der Waals surface area contributed by atoms with Gasteiger partial charge in [0, 0.05) is 5.75 Å². The van der Waals surface area contributed by atoms with Gasteiger partial charge in [-0.15, -0.1) is 11.8 Å². The van der Waals surface area contributed by atoms with Crippen LogP contribution in [0.15, 0.2) is 17.1 Å². The van der Waals surface area contributed by atoms with E-state index < -0.39 is 6.08 Å². The van der Waals surface area contributed by atoms with E-state index in [9.17, 15) is 8.78 Å². The summed E-state index contributed by atoms with van der Waals surface area (Å²) in [6.45, 7) is 0. The first-order valence-corrected chi connectivity index (χ1v) is 5.56. The molecule has 0 aliphatic heterocycles. The molecule has 0 aliphatic carbocycles. The van der Waals surface area contributed by atoms with Gasteiger partial charge in [0.15, 0.2) is 0 Å². The van der Waals surface area contributed by atoms with Gasteiger partial charge in [-0.05, 0) is 18.8 Å². The average Bonchev–Trinajstić information content (AvgIpc) is 2.10. The number of thioether (sulfide) groups is 2. The molecule has 0 amide bonds. The van der Waals surface area contributed by atoms with Crippen LogP contribution in [0.2, 0.25) is 0 Å². The van der Waals surface area contributed by atoms with Crippen LogP contribution in [0.3, 0.4) is 0 Å². The van der Waals surface area contributed by atoms with Gasteiger partial charge in [-0.2, -0.15) is 19.0 Å². The molecule has 0 aliphatic rings. The highest BCUT2D eigenvalue weighted by atomic mass is 32.2. The minimum atomic E-state index is -1.66. The van der Waals surface area contributed by atoms with Crippen LogP contribution >= 0.6 is 23.5 Å². The quantitative estimate of drug-likeness (QED) is 0.318. The maximum absolute atomic E-state index is 11.6. The largest absolute Gasteiger partial charge is 0.266 e. The maximum Gasteiger partial charge on any atom is 0.266 e. The van der Waals surface area contributed by atoms with Crippen molar-refractivity contribution >= 4 is 27.9 Å². The summed E-state index contributed by atoms with van der Waals surface area (Å²) in [4.78, 5) is 3.50. The highest BCUT2D eigenvalue weighted by Crippen LogP contribution is 2.15. The van der Waals surface area contributed by atoms with Crippen molar-refractivity contribution < 1.29 is 8.78 Å². The third kappa shape index (κ3) is 7.81. The normalized spacial score (nSPS) is 10.8. The molecular formula is C7H8F2N2S2. The molecule has 0 atom stereocenters. The van der Waals surface area contributed by atoms with E-state index in [0.29, 0.717) is 10.1 Å². The van der Waals surface area contributed by atoms with Gasteiger partial charge in [0.25, 0.3) is 6.08 Å². The number of nitriles is 1. The van der Waals surface area contributed by atoms with Crippen molar-refractivity contribution in [3.63, 3.8) is 0 Å². The zero-order valence-corrected chi connectivity index (χ0v) is 8.59. The van der Waals surface area contributed by atoms with Crippen LogP contribution in [0.1, 0.15) is 6.42 Å². The van der Waals surface area contributed by atoms with Crippen LogP contribution < -0.4 is 0 Å². The van der Waals surface area contributed by atoms with Gasteiger partial charge in [-0.3, -0.25) is 0 Å². The second-order valence-electron chi connectivity index (χ2n) is 1.81. The van der Waals surface area contributed by atoms with Crippen LogP contribution in [-0.2, 0) is 0 Å². The molecule has 72 valence electrons. The van der Waals surface area contributed by atoms with Crippen molar-refractivity contribution in [1.29, 1.82) is 5.26 Å². The Labute approximate surface area is 84.1 Å². The average molecular weight is 222 g/mol. The molecule has 0 fully saturated rings. The molecule has 0 bridgehead atoms. The predicted octanol–water partition coefficient (Wildman–Crippen LogP) is 3.09. The Hall–Kier alpha value is -0.540. The van der Waals surface area contributed by atoms with Crippen LogP contribution in [0.4, 0.5) is 8.78 Å². The Morgan fingerprint density at radius 3 is 2.77 bits per heavy atom. The molecule has 0 aromatic carbocycles. The van der Waals surface area contributed by atoms with Gasteiger partial charge in [-0.25, -0.2) is 0 Å². The molecule has 0 saturated heterocycles. The number of hydrogen-bond acceptors (Lipinski definition) is 4. The molecule has 0 N–H and O–H groups in total. The molecule has 0 unspecified atom stereocenters. The first-order valence-electron chi connectivity index (χ1n) is 3.35. The van der Waals surface area contributed by atoms with E-state index in [1.807, 2.05) is 0 Å². The van der Waals surface area contributed by atoms with Crippen LogP contribution in [0.25, 0.3) is 0 Å². The Kier molecular flexibility index (Phi) is 7.74. The van der Waals surface area contributed by atoms with E-state index in [1.54, 1.807) is 12.4 Å². The zero-order valence-electron chi connectivity index (χ0n) is 6.96. The lowest BCUT2D eigenvalue weighted by molar-refractivity contribution is 0.418. The summed E-state index contributed by atoms with van der Waals surface area (Å²) < 4.78 is 23.7. The molecule has 0 heterocycles. The highest BCUT2D eigenvalue weighted by molar-refractivity contribution is 8.38. The standard InChI is InChI=1S/C7H8F2N2S2/c1-12-7(11-5-10)13-4-2-3-6(8)9/h3H,2,4H2,1H3. The first-order chi connectivity index (χ1) is 6.20. The third-order valence-corrected chi connectivity index (χ3v) is 3.03. The van der Waals surface area contributed by atoms with E-state index in [1.165, 1.54) is 23.5 Å². The van der Waals surface area contributed by atoms with E-state index in [2.05, 4.69) is 4.99 Å². The fourth-order valence-corrected chi connectivity index (χ4v) is 1.86. The first kappa shape index (κ1) is 12.5. The molecule has 6 heteroatoms. The Balaban J connectivity index is 3.70. The SMILES string of the molecule is CSC(=NC#N)SCCC=C(F)F. The molecule has 0 aromatic heterocycles. The maximum atomic E-state index is 11.6. The third-order valence-electron chi connectivity index (χ3n) is 0.958. The van der Waals surface area contributed by atoms with Crippen molar-refractivity contribution in [3.8, 4) is 6.19 Å². The number of aliphatic imine (C=N–C) groups is 1. The predicted molar refractivity (Wildman–Crippen MR) is 53.9 cm³/mol. The molecule has 0 saturated carbocycles. The fraction of sp³-hybridized carbons (Fsp3) is 0.429. The second kappa shape index (κ2) is 8.08. The Morgan fingerprint density at radius 1 is 1.62 bits per heavy atom. The highest BCUT2D eigenvalue weighted by Gasteiger charge is 1.97. The summed E-state index contributed by atoms with van der Waals surface area (Å²) in [7, 11) is 0. The van der Waals surface area contributed by atoms with E-state index in [4.69, 9.17) is 5.26 Å². The van der Waals surface area contributed by atoms with Crippen LogP contribution in [0.5, 0.6) is 0 Å². The molecule has 0 spiro atoms. The topological polar surface area (TPSA) is 36.1 Å². The minimum absolute atomic E-state index is 0.290. The molecule has 0 radical (unpaired) electrons. The monoisotopic (exact) mass is 222 g/mol. The molecule has 2 nitrogen and oxygen atoms in total. The van der Waals surface area contributed by atoms with Crippen LogP contribution in [-0.4, -0.2) is 16.4 Å². The lowest BCUT2D eigenvalue weighted by Crippen LogP contribution is -1.86. The zero-order chi connectivity index (χ0) is 10.1. The van der Waals surface area contributed by atoms with E-state index in [-0.39, 0.29) is 6.42 Å². The number of hydrogen-bond donors (Lipinski definition) is 0. The van der Waals surface area contributed by atoms with Crippen molar-refractivity contribution in [1.82, 2.24) is 0 Å². The van der Waals surface area contributed by atoms with Crippen molar-refractivity contribution in [2.75, 3.05) is 12.0 Å². The summed E-state index contributed by atoms with van der Waals surface area (Å²) in [6.07, 6.45) is 2.92. The lowest BCUT2D eigenvalue weighted by atomic mass is 10.5. The van der Waals surface area contributed by atoms with Gasteiger partial charge in [-0.1, -0.05) is 11.8 Å². The van der Waals surface area contributed by atoms with Gasteiger partial charge in [0.1, 0.15) is 4.38 Å². The number of halogens is 2. The molecular weight excluding hydrogens is 214 g/mol. The van der Waals surface area contributed by atoms with Gasteiger partial charge in [0.05, 0.1) is 0 Å². The molecule has 0 rings (SSSR count). The van der Waals surface area contributed by atoms with Gasteiger partial charge < -0.3 is 0 Å². The second-order valence-corrected chi connectivity index (χ2v) is 3.95.